The quantitative estimate of drug-likeness (QED) is 0.633. The van der Waals surface area contributed by atoms with E-state index in [0.717, 1.165) is 11.1 Å². The SMILES string of the molecule is COc1ccc(NC2=C(c3ccccc3)C(=O)N(c3ccc(C)cc3C)C2=O)cc1. The number of ether oxygens (including phenoxy) is 1. The molecule has 4 rings (SSSR count). The average molecular weight is 398 g/mol. The minimum atomic E-state index is -0.373. The van der Waals surface area contributed by atoms with Crippen LogP contribution in [0.3, 0.4) is 0 Å². The van der Waals surface area contributed by atoms with E-state index in [9.17, 15) is 9.59 Å². The number of nitrogens with zero attached hydrogens (tertiary/aromatic N) is 1. The zero-order chi connectivity index (χ0) is 21.3. The Morgan fingerprint density at radius 1 is 0.833 bits per heavy atom. The van der Waals surface area contributed by atoms with Gasteiger partial charge in [0.05, 0.1) is 18.4 Å². The van der Waals surface area contributed by atoms with Crippen molar-refractivity contribution >= 4 is 28.8 Å². The average Bonchev–Trinajstić information content (AvgIpc) is 2.99. The smallest absolute Gasteiger partial charge is 0.282 e. The second kappa shape index (κ2) is 7.87. The second-order valence-corrected chi connectivity index (χ2v) is 7.21. The van der Waals surface area contributed by atoms with Gasteiger partial charge in [-0.2, -0.15) is 0 Å². The molecule has 0 spiro atoms. The fourth-order valence-electron chi connectivity index (χ4n) is 3.61. The number of methoxy groups -OCH3 is 1. The lowest BCUT2D eigenvalue weighted by atomic mass is 10.0. The van der Waals surface area contributed by atoms with Gasteiger partial charge >= 0.3 is 0 Å². The number of hydrogen-bond acceptors (Lipinski definition) is 4. The summed E-state index contributed by atoms with van der Waals surface area (Å²) in [5, 5.41) is 3.16. The monoisotopic (exact) mass is 398 g/mol. The Morgan fingerprint density at radius 2 is 1.53 bits per heavy atom. The van der Waals surface area contributed by atoms with Crippen LogP contribution >= 0.6 is 0 Å². The van der Waals surface area contributed by atoms with Crippen molar-refractivity contribution in [2.24, 2.45) is 0 Å². The number of carbonyl (C=O) groups is 2. The Kier molecular flexibility index (Phi) is 5.11. The molecule has 1 N–H and O–H groups in total. The van der Waals surface area contributed by atoms with Crippen LogP contribution in [-0.4, -0.2) is 18.9 Å². The molecule has 0 bridgehead atoms. The molecule has 150 valence electrons. The summed E-state index contributed by atoms with van der Waals surface area (Å²) in [5.74, 6) is -0.000618. The van der Waals surface area contributed by atoms with Crippen LogP contribution in [0.2, 0.25) is 0 Å². The third kappa shape index (κ3) is 3.46. The lowest BCUT2D eigenvalue weighted by molar-refractivity contribution is -0.120. The van der Waals surface area contributed by atoms with Gasteiger partial charge in [-0.05, 0) is 55.3 Å². The first-order chi connectivity index (χ1) is 14.5. The number of hydrogen-bond donors (Lipinski definition) is 1. The molecule has 3 aromatic rings. The van der Waals surface area contributed by atoms with Crippen LogP contribution in [0.5, 0.6) is 5.75 Å². The van der Waals surface area contributed by atoms with Crippen molar-refractivity contribution in [1.82, 2.24) is 0 Å². The predicted molar refractivity (Wildman–Crippen MR) is 118 cm³/mol. The molecule has 0 saturated carbocycles. The number of nitrogens with one attached hydrogen (secondary N) is 1. The number of rotatable bonds is 5. The Bertz CT molecular complexity index is 1150. The highest BCUT2D eigenvalue weighted by atomic mass is 16.5. The van der Waals surface area contributed by atoms with Crippen LogP contribution in [0.4, 0.5) is 11.4 Å². The molecular weight excluding hydrogens is 376 g/mol. The number of aryl methyl sites for hydroxylation is 2. The maximum atomic E-state index is 13.4. The van der Waals surface area contributed by atoms with E-state index in [1.54, 1.807) is 19.2 Å². The summed E-state index contributed by atoms with van der Waals surface area (Å²) in [6.45, 7) is 3.88. The highest BCUT2D eigenvalue weighted by Gasteiger charge is 2.40. The number of carbonyl (C=O) groups excluding carboxylic acids is 2. The minimum absolute atomic E-state index is 0.261. The molecule has 0 fully saturated rings. The molecule has 5 nitrogen and oxygen atoms in total. The Labute approximate surface area is 175 Å². The van der Waals surface area contributed by atoms with Crippen LogP contribution in [0.1, 0.15) is 16.7 Å². The summed E-state index contributed by atoms with van der Waals surface area (Å²) in [4.78, 5) is 28.1. The Morgan fingerprint density at radius 3 is 2.17 bits per heavy atom. The molecular formula is C25H22N2O3. The van der Waals surface area contributed by atoms with Gasteiger partial charge in [0.2, 0.25) is 0 Å². The molecule has 0 unspecified atom stereocenters. The minimum Gasteiger partial charge on any atom is -0.497 e. The van der Waals surface area contributed by atoms with Gasteiger partial charge in [0.15, 0.2) is 0 Å². The highest BCUT2D eigenvalue weighted by molar-refractivity contribution is 6.46. The molecule has 2 amide bonds. The summed E-state index contributed by atoms with van der Waals surface area (Å²) >= 11 is 0. The molecule has 0 aliphatic carbocycles. The molecule has 5 heteroatoms. The van der Waals surface area contributed by atoms with Gasteiger partial charge in [0, 0.05) is 5.69 Å². The van der Waals surface area contributed by atoms with Gasteiger partial charge in [-0.25, -0.2) is 4.90 Å². The van der Waals surface area contributed by atoms with Crippen LogP contribution < -0.4 is 15.0 Å². The summed E-state index contributed by atoms with van der Waals surface area (Å²) in [6.07, 6.45) is 0. The van der Waals surface area contributed by atoms with Crippen molar-refractivity contribution in [2.45, 2.75) is 13.8 Å². The van der Waals surface area contributed by atoms with Crippen LogP contribution in [0.15, 0.2) is 78.5 Å². The Hall–Kier alpha value is -3.86. The van der Waals surface area contributed by atoms with E-state index in [1.165, 1.54) is 4.90 Å². The van der Waals surface area contributed by atoms with Crippen molar-refractivity contribution in [3.8, 4) is 5.75 Å². The fraction of sp³-hybridized carbons (Fsp3) is 0.120. The van der Waals surface area contributed by atoms with E-state index >= 15 is 0 Å². The van der Waals surface area contributed by atoms with Gasteiger partial charge in [0.25, 0.3) is 11.8 Å². The molecule has 0 aromatic heterocycles. The van der Waals surface area contributed by atoms with Crippen molar-refractivity contribution in [3.05, 3.63) is 95.2 Å². The number of benzene rings is 3. The largest absolute Gasteiger partial charge is 0.497 e. The normalized spacial score (nSPS) is 13.8. The van der Waals surface area contributed by atoms with Crippen molar-refractivity contribution in [3.63, 3.8) is 0 Å². The van der Waals surface area contributed by atoms with Gasteiger partial charge < -0.3 is 10.1 Å². The first-order valence-corrected chi connectivity index (χ1v) is 9.66. The predicted octanol–water partition coefficient (Wildman–Crippen LogP) is 4.71. The number of anilines is 2. The van der Waals surface area contributed by atoms with Gasteiger partial charge in [0.1, 0.15) is 11.4 Å². The first kappa shape index (κ1) is 19.5. The molecule has 30 heavy (non-hydrogen) atoms. The van der Waals surface area contributed by atoms with Crippen LogP contribution in [0.25, 0.3) is 5.57 Å². The van der Waals surface area contributed by atoms with E-state index in [2.05, 4.69) is 5.32 Å². The fourth-order valence-corrected chi connectivity index (χ4v) is 3.61. The van der Waals surface area contributed by atoms with E-state index in [-0.39, 0.29) is 17.5 Å². The van der Waals surface area contributed by atoms with Crippen molar-refractivity contribution < 1.29 is 14.3 Å². The van der Waals surface area contributed by atoms with Crippen LogP contribution in [0, 0.1) is 13.8 Å². The topological polar surface area (TPSA) is 58.6 Å². The van der Waals surface area contributed by atoms with Crippen LogP contribution in [-0.2, 0) is 9.59 Å². The van der Waals surface area contributed by atoms with E-state index in [0.29, 0.717) is 28.3 Å². The molecule has 0 radical (unpaired) electrons. The molecule has 0 atom stereocenters. The number of imide groups is 1. The molecule has 3 aromatic carbocycles. The van der Waals surface area contributed by atoms with E-state index in [1.807, 2.05) is 74.5 Å². The van der Waals surface area contributed by atoms with Crippen molar-refractivity contribution in [2.75, 3.05) is 17.3 Å². The maximum absolute atomic E-state index is 13.4. The summed E-state index contributed by atoms with van der Waals surface area (Å²) < 4.78 is 5.20. The lowest BCUT2D eigenvalue weighted by Gasteiger charge is -2.18. The van der Waals surface area contributed by atoms with Crippen molar-refractivity contribution in [1.29, 1.82) is 0 Å². The summed E-state index contributed by atoms with van der Waals surface area (Å²) in [6, 6.07) is 22.2. The molecule has 1 heterocycles. The zero-order valence-electron chi connectivity index (χ0n) is 17.1. The first-order valence-electron chi connectivity index (χ1n) is 9.66. The van der Waals surface area contributed by atoms with E-state index in [4.69, 9.17) is 4.74 Å². The highest BCUT2D eigenvalue weighted by Crippen LogP contribution is 2.35. The number of amides is 2. The Balaban J connectivity index is 1.80. The molecule has 0 saturated heterocycles. The van der Waals surface area contributed by atoms with Gasteiger partial charge in [-0.3, -0.25) is 9.59 Å². The lowest BCUT2D eigenvalue weighted by Crippen LogP contribution is -2.33. The van der Waals surface area contributed by atoms with E-state index < -0.39 is 0 Å². The zero-order valence-corrected chi connectivity index (χ0v) is 17.1. The van der Waals surface area contributed by atoms with Gasteiger partial charge in [-0.15, -0.1) is 0 Å². The standard InChI is InChI=1S/C25H22N2O3/c1-16-9-14-21(17(2)15-16)27-24(28)22(18-7-5-4-6-8-18)23(25(27)29)26-19-10-12-20(30-3)13-11-19/h4-15,26H,1-3H3. The summed E-state index contributed by atoms with van der Waals surface area (Å²) in [7, 11) is 1.60. The summed E-state index contributed by atoms with van der Waals surface area (Å²) in [5.41, 5.74) is 4.54. The molecule has 1 aliphatic heterocycles. The van der Waals surface area contributed by atoms with Gasteiger partial charge in [-0.1, -0.05) is 48.0 Å². The maximum Gasteiger partial charge on any atom is 0.282 e. The second-order valence-electron chi connectivity index (χ2n) is 7.21. The third-order valence-corrected chi connectivity index (χ3v) is 5.10. The third-order valence-electron chi connectivity index (χ3n) is 5.10. The molecule has 1 aliphatic rings.